The van der Waals surface area contributed by atoms with Gasteiger partial charge in [-0.25, -0.2) is 4.98 Å². The quantitative estimate of drug-likeness (QED) is 0.594. The molecule has 4 rings (SSSR count). The van der Waals surface area contributed by atoms with Gasteiger partial charge in [-0.1, -0.05) is 49.6 Å². The summed E-state index contributed by atoms with van der Waals surface area (Å²) in [7, 11) is 4.26. The lowest BCUT2D eigenvalue weighted by atomic mass is 9.96. The highest BCUT2D eigenvalue weighted by Crippen LogP contribution is 2.31. The molecule has 0 bridgehead atoms. The van der Waals surface area contributed by atoms with Crippen molar-refractivity contribution in [3.8, 4) is 11.3 Å². The Kier molecular flexibility index (Phi) is 5.91. The number of nitrogens with zero attached hydrogens (tertiary/aromatic N) is 5. The molecule has 0 aliphatic heterocycles. The van der Waals surface area contributed by atoms with E-state index >= 15 is 0 Å². The van der Waals surface area contributed by atoms with Gasteiger partial charge in [0.2, 0.25) is 0 Å². The molecule has 0 unspecified atom stereocenters. The average molecular weight is 378 g/mol. The van der Waals surface area contributed by atoms with Gasteiger partial charge in [0, 0.05) is 11.8 Å². The average Bonchev–Trinajstić information content (AvgIpc) is 3.39. The number of hydrogen-bond acceptors (Lipinski definition) is 3. The fraction of sp³-hybridized carbons (Fsp3) is 0.478. The van der Waals surface area contributed by atoms with Crippen molar-refractivity contribution in [1.29, 1.82) is 0 Å². The molecule has 5 nitrogen and oxygen atoms in total. The van der Waals surface area contributed by atoms with Crippen molar-refractivity contribution in [3.63, 3.8) is 0 Å². The first-order valence-electron chi connectivity index (χ1n) is 10.5. The smallest absolute Gasteiger partial charge is 0.0956 e. The first kappa shape index (κ1) is 18.9. The number of aromatic nitrogens is 4. The first-order chi connectivity index (χ1) is 13.7. The van der Waals surface area contributed by atoms with Crippen LogP contribution in [0.2, 0.25) is 0 Å². The molecule has 2 heterocycles. The SMILES string of the molecule is CN(C)CC[C@@H](c1ccccc1)n1cncc1-c1cnn(C2CCCCC2)c1. The van der Waals surface area contributed by atoms with Crippen LogP contribution in [0.15, 0.2) is 55.2 Å². The van der Waals surface area contributed by atoms with Crippen LogP contribution in [0.1, 0.15) is 56.2 Å². The Balaban J connectivity index is 1.63. The lowest BCUT2D eigenvalue weighted by Gasteiger charge is -2.23. The van der Waals surface area contributed by atoms with E-state index in [9.17, 15) is 0 Å². The third kappa shape index (κ3) is 4.20. The van der Waals surface area contributed by atoms with E-state index in [4.69, 9.17) is 5.10 Å². The molecule has 0 radical (unpaired) electrons. The molecule has 1 aromatic carbocycles. The molecule has 1 atom stereocenters. The van der Waals surface area contributed by atoms with E-state index in [1.807, 2.05) is 18.7 Å². The van der Waals surface area contributed by atoms with Crippen LogP contribution in [0, 0.1) is 0 Å². The summed E-state index contributed by atoms with van der Waals surface area (Å²) in [6, 6.07) is 11.6. The molecule has 1 fully saturated rings. The predicted molar refractivity (Wildman–Crippen MR) is 113 cm³/mol. The monoisotopic (exact) mass is 377 g/mol. The zero-order valence-electron chi connectivity index (χ0n) is 17.0. The van der Waals surface area contributed by atoms with Gasteiger partial charge in [-0.05, 0) is 45.5 Å². The molecule has 2 aromatic heterocycles. The van der Waals surface area contributed by atoms with Gasteiger partial charge in [-0.15, -0.1) is 0 Å². The van der Waals surface area contributed by atoms with Crippen molar-refractivity contribution < 1.29 is 0 Å². The summed E-state index contributed by atoms with van der Waals surface area (Å²) in [5, 5.41) is 4.71. The molecular formula is C23H31N5. The van der Waals surface area contributed by atoms with Crippen molar-refractivity contribution in [1.82, 2.24) is 24.2 Å². The summed E-state index contributed by atoms with van der Waals surface area (Å²) in [5.74, 6) is 0. The lowest BCUT2D eigenvalue weighted by molar-refractivity contribution is 0.329. The number of imidazole rings is 1. The highest BCUT2D eigenvalue weighted by molar-refractivity contribution is 5.57. The molecule has 1 aliphatic carbocycles. The van der Waals surface area contributed by atoms with E-state index < -0.39 is 0 Å². The van der Waals surface area contributed by atoms with Crippen LogP contribution < -0.4 is 0 Å². The second-order valence-electron chi connectivity index (χ2n) is 8.21. The van der Waals surface area contributed by atoms with Crippen LogP contribution in [0.5, 0.6) is 0 Å². The van der Waals surface area contributed by atoms with Gasteiger partial charge in [0.25, 0.3) is 0 Å². The van der Waals surface area contributed by atoms with E-state index in [0.717, 1.165) is 24.2 Å². The highest BCUT2D eigenvalue weighted by atomic mass is 15.3. The van der Waals surface area contributed by atoms with Gasteiger partial charge in [-0.3, -0.25) is 4.68 Å². The molecule has 0 spiro atoms. The predicted octanol–water partition coefficient (Wildman–Crippen LogP) is 4.79. The molecular weight excluding hydrogens is 346 g/mol. The topological polar surface area (TPSA) is 38.9 Å². The molecule has 1 aliphatic rings. The third-order valence-corrected chi connectivity index (χ3v) is 5.88. The van der Waals surface area contributed by atoms with Crippen LogP contribution in [0.3, 0.4) is 0 Å². The van der Waals surface area contributed by atoms with Crippen molar-refractivity contribution in [2.75, 3.05) is 20.6 Å². The second kappa shape index (κ2) is 8.74. The maximum absolute atomic E-state index is 4.71. The zero-order chi connectivity index (χ0) is 19.3. The van der Waals surface area contributed by atoms with Crippen LogP contribution in [0.4, 0.5) is 0 Å². The number of hydrogen-bond donors (Lipinski definition) is 0. The number of benzene rings is 1. The van der Waals surface area contributed by atoms with E-state index in [1.165, 1.54) is 37.7 Å². The van der Waals surface area contributed by atoms with Crippen molar-refractivity contribution in [3.05, 3.63) is 60.8 Å². The summed E-state index contributed by atoms with van der Waals surface area (Å²) in [6.45, 7) is 1.03. The Morgan fingerprint density at radius 2 is 1.86 bits per heavy atom. The molecule has 5 heteroatoms. The Morgan fingerprint density at radius 1 is 1.07 bits per heavy atom. The molecule has 0 N–H and O–H groups in total. The fourth-order valence-electron chi connectivity index (χ4n) is 4.31. The van der Waals surface area contributed by atoms with Gasteiger partial charge in [-0.2, -0.15) is 5.10 Å². The summed E-state index contributed by atoms with van der Waals surface area (Å²) in [5.41, 5.74) is 3.63. The van der Waals surface area contributed by atoms with E-state index in [2.05, 4.69) is 69.8 Å². The van der Waals surface area contributed by atoms with E-state index in [0.29, 0.717) is 6.04 Å². The van der Waals surface area contributed by atoms with Gasteiger partial charge in [0.15, 0.2) is 0 Å². The van der Waals surface area contributed by atoms with Gasteiger partial charge >= 0.3 is 0 Å². The normalized spacial score (nSPS) is 16.5. The molecule has 28 heavy (non-hydrogen) atoms. The van der Waals surface area contributed by atoms with E-state index in [1.54, 1.807) is 0 Å². The van der Waals surface area contributed by atoms with Crippen LogP contribution in [-0.4, -0.2) is 44.9 Å². The minimum Gasteiger partial charge on any atom is -0.323 e. The van der Waals surface area contributed by atoms with Crippen LogP contribution in [-0.2, 0) is 0 Å². The zero-order valence-corrected chi connectivity index (χ0v) is 17.0. The Hall–Kier alpha value is -2.40. The summed E-state index contributed by atoms with van der Waals surface area (Å²) < 4.78 is 4.50. The van der Waals surface area contributed by atoms with Crippen molar-refractivity contribution >= 4 is 0 Å². The van der Waals surface area contributed by atoms with Crippen molar-refractivity contribution in [2.45, 2.75) is 50.6 Å². The fourth-order valence-corrected chi connectivity index (χ4v) is 4.31. The molecule has 148 valence electrons. The Morgan fingerprint density at radius 3 is 2.61 bits per heavy atom. The Bertz CT molecular complexity index is 858. The first-order valence-corrected chi connectivity index (χ1v) is 10.5. The summed E-state index contributed by atoms with van der Waals surface area (Å²) in [6.07, 6.45) is 15.7. The second-order valence-corrected chi connectivity index (χ2v) is 8.21. The highest BCUT2D eigenvalue weighted by Gasteiger charge is 2.20. The molecule has 0 saturated heterocycles. The molecule has 1 saturated carbocycles. The summed E-state index contributed by atoms with van der Waals surface area (Å²) in [4.78, 5) is 6.75. The van der Waals surface area contributed by atoms with E-state index in [-0.39, 0.29) is 6.04 Å². The van der Waals surface area contributed by atoms with Crippen molar-refractivity contribution in [2.24, 2.45) is 0 Å². The number of rotatable bonds is 7. The van der Waals surface area contributed by atoms with Gasteiger partial charge < -0.3 is 9.47 Å². The third-order valence-electron chi connectivity index (χ3n) is 5.88. The van der Waals surface area contributed by atoms with Gasteiger partial charge in [0.1, 0.15) is 0 Å². The minimum atomic E-state index is 0.263. The lowest BCUT2D eigenvalue weighted by Crippen LogP contribution is -2.20. The minimum absolute atomic E-state index is 0.263. The Labute approximate surface area is 168 Å². The maximum atomic E-state index is 4.71. The van der Waals surface area contributed by atoms with Crippen LogP contribution in [0.25, 0.3) is 11.3 Å². The summed E-state index contributed by atoms with van der Waals surface area (Å²) >= 11 is 0. The maximum Gasteiger partial charge on any atom is 0.0956 e. The molecule has 3 aromatic rings. The largest absolute Gasteiger partial charge is 0.323 e. The standard InChI is InChI=1S/C23H31N5/c1-26(2)14-13-22(19-9-5-3-6-10-19)27-18-24-16-23(27)20-15-25-28(17-20)21-11-7-4-8-12-21/h3,5-6,9-10,15-18,21-22H,4,7-8,11-14H2,1-2H3/t22-/m0/s1. The molecule has 0 amide bonds. The van der Waals surface area contributed by atoms with Gasteiger partial charge in [0.05, 0.1) is 36.5 Å². The van der Waals surface area contributed by atoms with Crippen LogP contribution >= 0.6 is 0 Å².